The van der Waals surface area contributed by atoms with Gasteiger partial charge in [-0.25, -0.2) is 8.78 Å². The van der Waals surface area contributed by atoms with Gasteiger partial charge in [-0.2, -0.15) is 0 Å². The summed E-state index contributed by atoms with van der Waals surface area (Å²) in [5.41, 5.74) is 5.80. The summed E-state index contributed by atoms with van der Waals surface area (Å²) in [5, 5.41) is 0.394. The van der Waals surface area contributed by atoms with Crippen LogP contribution in [0.1, 0.15) is 5.56 Å². The van der Waals surface area contributed by atoms with Crippen LogP contribution in [0.25, 0.3) is 0 Å². The van der Waals surface area contributed by atoms with Crippen molar-refractivity contribution in [2.24, 2.45) is 5.73 Å². The van der Waals surface area contributed by atoms with Crippen molar-refractivity contribution in [1.82, 2.24) is 0 Å². The standard InChI is InChI=1S/C10H12ClF2NO/c1-15-9-4-2-3-7(11)6(9)5-8(14)10(12)13/h2-4,8,10H,5,14H2,1H3. The van der Waals surface area contributed by atoms with Crippen molar-refractivity contribution >= 4 is 11.6 Å². The SMILES string of the molecule is COc1cccc(Cl)c1CC(N)C(F)F. The Bertz CT molecular complexity index is 333. The fourth-order valence-electron chi connectivity index (χ4n) is 1.25. The first-order chi connectivity index (χ1) is 7.06. The van der Waals surface area contributed by atoms with Crippen molar-refractivity contribution in [1.29, 1.82) is 0 Å². The highest BCUT2D eigenvalue weighted by atomic mass is 35.5. The van der Waals surface area contributed by atoms with E-state index in [0.717, 1.165) is 0 Å². The summed E-state index contributed by atoms with van der Waals surface area (Å²) in [6.45, 7) is 0. The molecule has 15 heavy (non-hydrogen) atoms. The molecule has 1 unspecified atom stereocenters. The minimum Gasteiger partial charge on any atom is -0.496 e. The molecule has 0 saturated carbocycles. The van der Waals surface area contributed by atoms with E-state index in [1.165, 1.54) is 7.11 Å². The molecule has 0 spiro atoms. The smallest absolute Gasteiger partial charge is 0.253 e. The van der Waals surface area contributed by atoms with E-state index >= 15 is 0 Å². The van der Waals surface area contributed by atoms with Gasteiger partial charge in [-0.15, -0.1) is 0 Å². The van der Waals surface area contributed by atoms with Gasteiger partial charge < -0.3 is 10.5 Å². The van der Waals surface area contributed by atoms with Crippen LogP contribution in [0.2, 0.25) is 5.02 Å². The molecule has 2 N–H and O–H groups in total. The summed E-state index contributed by atoms with van der Waals surface area (Å²) in [6, 6.07) is 3.76. The van der Waals surface area contributed by atoms with Crippen LogP contribution in [0.5, 0.6) is 5.75 Å². The maximum Gasteiger partial charge on any atom is 0.253 e. The highest BCUT2D eigenvalue weighted by Crippen LogP contribution is 2.27. The largest absolute Gasteiger partial charge is 0.496 e. The Balaban J connectivity index is 2.92. The van der Waals surface area contributed by atoms with Crippen LogP contribution in [0.3, 0.4) is 0 Å². The molecule has 0 aliphatic carbocycles. The van der Waals surface area contributed by atoms with E-state index in [4.69, 9.17) is 22.1 Å². The van der Waals surface area contributed by atoms with E-state index in [-0.39, 0.29) is 6.42 Å². The molecule has 0 saturated heterocycles. The number of hydrogen-bond donors (Lipinski definition) is 1. The lowest BCUT2D eigenvalue weighted by Crippen LogP contribution is -2.31. The van der Waals surface area contributed by atoms with Crippen molar-refractivity contribution in [3.63, 3.8) is 0 Å². The lowest BCUT2D eigenvalue weighted by atomic mass is 10.1. The summed E-state index contributed by atoms with van der Waals surface area (Å²) < 4.78 is 29.6. The molecule has 1 aromatic rings. The summed E-state index contributed by atoms with van der Waals surface area (Å²) in [4.78, 5) is 0. The maximum atomic E-state index is 12.3. The van der Waals surface area contributed by atoms with Crippen LogP contribution in [-0.2, 0) is 6.42 Å². The molecule has 2 nitrogen and oxygen atoms in total. The number of ether oxygens (including phenoxy) is 1. The number of nitrogens with two attached hydrogens (primary N) is 1. The number of methoxy groups -OCH3 is 1. The van der Waals surface area contributed by atoms with Crippen LogP contribution in [0, 0.1) is 0 Å². The van der Waals surface area contributed by atoms with E-state index in [1.54, 1.807) is 18.2 Å². The Labute approximate surface area is 92.0 Å². The molecule has 5 heteroatoms. The van der Waals surface area contributed by atoms with Crippen molar-refractivity contribution in [2.45, 2.75) is 18.9 Å². The minimum atomic E-state index is -2.56. The second-order valence-electron chi connectivity index (χ2n) is 3.12. The zero-order chi connectivity index (χ0) is 11.4. The third-order valence-electron chi connectivity index (χ3n) is 2.06. The first-order valence-corrected chi connectivity index (χ1v) is 4.79. The van der Waals surface area contributed by atoms with Gasteiger partial charge in [0.25, 0.3) is 6.43 Å². The summed E-state index contributed by atoms with van der Waals surface area (Å²) in [7, 11) is 1.46. The average molecular weight is 236 g/mol. The predicted molar refractivity (Wildman–Crippen MR) is 55.7 cm³/mol. The second-order valence-corrected chi connectivity index (χ2v) is 3.53. The van der Waals surface area contributed by atoms with Gasteiger partial charge >= 0.3 is 0 Å². The lowest BCUT2D eigenvalue weighted by molar-refractivity contribution is 0.115. The van der Waals surface area contributed by atoms with Crippen molar-refractivity contribution < 1.29 is 13.5 Å². The normalized spacial score (nSPS) is 12.9. The van der Waals surface area contributed by atoms with Gasteiger partial charge in [-0.05, 0) is 18.6 Å². The third-order valence-corrected chi connectivity index (χ3v) is 2.41. The topological polar surface area (TPSA) is 35.2 Å². The van der Waals surface area contributed by atoms with Crippen LogP contribution in [-0.4, -0.2) is 19.6 Å². The quantitative estimate of drug-likeness (QED) is 0.870. The molecule has 0 aliphatic rings. The first kappa shape index (κ1) is 12.2. The Kier molecular flexibility index (Phi) is 4.29. The van der Waals surface area contributed by atoms with E-state index in [1.807, 2.05) is 0 Å². The molecule has 1 atom stereocenters. The fraction of sp³-hybridized carbons (Fsp3) is 0.400. The van der Waals surface area contributed by atoms with Crippen molar-refractivity contribution in [2.75, 3.05) is 7.11 Å². The van der Waals surface area contributed by atoms with Crippen LogP contribution in [0.4, 0.5) is 8.78 Å². The van der Waals surface area contributed by atoms with Crippen LogP contribution in [0.15, 0.2) is 18.2 Å². The van der Waals surface area contributed by atoms with Crippen molar-refractivity contribution in [3.8, 4) is 5.75 Å². The van der Waals surface area contributed by atoms with E-state index in [0.29, 0.717) is 16.3 Å². The number of benzene rings is 1. The second kappa shape index (κ2) is 5.28. The number of hydrogen-bond acceptors (Lipinski definition) is 2. The Hall–Kier alpha value is -0.870. The molecular weight excluding hydrogens is 224 g/mol. The molecule has 84 valence electrons. The minimum absolute atomic E-state index is 0.000509. The van der Waals surface area contributed by atoms with Gasteiger partial charge in [0, 0.05) is 10.6 Å². The van der Waals surface area contributed by atoms with Crippen molar-refractivity contribution in [3.05, 3.63) is 28.8 Å². The number of rotatable bonds is 4. The number of alkyl halides is 2. The molecule has 0 amide bonds. The molecule has 0 aliphatic heterocycles. The van der Waals surface area contributed by atoms with Crippen LogP contribution < -0.4 is 10.5 Å². The van der Waals surface area contributed by atoms with Gasteiger partial charge in [0.2, 0.25) is 0 Å². The predicted octanol–water partition coefficient (Wildman–Crippen LogP) is 2.48. The highest BCUT2D eigenvalue weighted by Gasteiger charge is 2.19. The number of halogens is 3. The molecular formula is C10H12ClF2NO. The summed E-state index contributed by atoms with van der Waals surface area (Å²) in [5.74, 6) is 0.485. The van der Waals surface area contributed by atoms with Gasteiger partial charge in [-0.1, -0.05) is 17.7 Å². The summed E-state index contributed by atoms with van der Waals surface area (Å²) in [6.07, 6.45) is -2.56. The Morgan fingerprint density at radius 1 is 1.47 bits per heavy atom. The Morgan fingerprint density at radius 3 is 2.67 bits per heavy atom. The molecule has 1 aromatic carbocycles. The van der Waals surface area contributed by atoms with Gasteiger partial charge in [0.05, 0.1) is 13.2 Å². The third kappa shape index (κ3) is 3.04. The molecule has 0 fully saturated rings. The monoisotopic (exact) mass is 235 g/mol. The van der Waals surface area contributed by atoms with Gasteiger partial charge in [0.15, 0.2) is 0 Å². The van der Waals surface area contributed by atoms with Gasteiger partial charge in [-0.3, -0.25) is 0 Å². The molecule has 0 heterocycles. The fourth-order valence-corrected chi connectivity index (χ4v) is 1.50. The van der Waals surface area contributed by atoms with Gasteiger partial charge in [0.1, 0.15) is 5.75 Å². The zero-order valence-corrected chi connectivity index (χ0v) is 8.97. The van der Waals surface area contributed by atoms with E-state index in [2.05, 4.69) is 0 Å². The highest BCUT2D eigenvalue weighted by molar-refractivity contribution is 6.31. The Morgan fingerprint density at radius 2 is 2.13 bits per heavy atom. The molecule has 0 bridgehead atoms. The van der Waals surface area contributed by atoms with Crippen LogP contribution >= 0.6 is 11.6 Å². The molecule has 1 rings (SSSR count). The zero-order valence-electron chi connectivity index (χ0n) is 8.21. The molecule has 0 radical (unpaired) electrons. The summed E-state index contributed by atoms with van der Waals surface area (Å²) >= 11 is 5.88. The van der Waals surface area contributed by atoms with E-state index in [9.17, 15) is 8.78 Å². The first-order valence-electron chi connectivity index (χ1n) is 4.41. The molecule has 0 aromatic heterocycles. The van der Waals surface area contributed by atoms with E-state index < -0.39 is 12.5 Å². The maximum absolute atomic E-state index is 12.3. The average Bonchev–Trinajstić information content (AvgIpc) is 2.20. The lowest BCUT2D eigenvalue weighted by Gasteiger charge is -2.14.